The molecule has 5 nitrogen and oxygen atoms in total. The predicted molar refractivity (Wildman–Crippen MR) is 92.3 cm³/mol. The van der Waals surface area contributed by atoms with Crippen molar-refractivity contribution >= 4 is 44.4 Å². The van der Waals surface area contributed by atoms with Gasteiger partial charge in [0.25, 0.3) is 0 Å². The van der Waals surface area contributed by atoms with Crippen LogP contribution in [-0.2, 0) is 11.2 Å². The van der Waals surface area contributed by atoms with E-state index in [1.165, 1.54) is 29.6 Å². The lowest BCUT2D eigenvalue weighted by Crippen LogP contribution is -2.07. The minimum Gasteiger partial charge on any atom is -0.434 e. The smallest absolute Gasteiger partial charge is 0.387 e. The van der Waals surface area contributed by atoms with E-state index in [0.29, 0.717) is 15.2 Å². The van der Waals surface area contributed by atoms with Crippen LogP contribution in [0.5, 0.6) is 5.75 Å². The Morgan fingerprint density at radius 3 is 2.96 bits per heavy atom. The zero-order valence-electron chi connectivity index (χ0n) is 12.6. The number of hydrogen-bond acceptors (Lipinski definition) is 5. The van der Waals surface area contributed by atoms with Gasteiger partial charge in [-0.2, -0.15) is 8.78 Å². The maximum Gasteiger partial charge on any atom is 0.387 e. The third-order valence-electron chi connectivity index (χ3n) is 2.76. The Bertz CT molecular complexity index is 737. The highest BCUT2D eigenvalue weighted by Crippen LogP contribution is 2.26. The lowest BCUT2D eigenvalue weighted by atomic mass is 10.2. The van der Waals surface area contributed by atoms with E-state index in [1.807, 2.05) is 6.92 Å². The van der Waals surface area contributed by atoms with Crippen molar-refractivity contribution < 1.29 is 18.3 Å². The molecule has 0 atom stereocenters. The summed E-state index contributed by atoms with van der Waals surface area (Å²) in [6.07, 6.45) is 4.36. The minimum atomic E-state index is -2.94. The number of alkyl halides is 2. The van der Waals surface area contributed by atoms with Crippen LogP contribution in [0.3, 0.4) is 0 Å². The average Bonchev–Trinajstić information content (AvgIpc) is 2.94. The Morgan fingerprint density at radius 2 is 2.25 bits per heavy atom. The molecule has 1 amide bonds. The number of rotatable bonds is 7. The molecule has 0 saturated heterocycles. The molecule has 0 aliphatic rings. The first-order valence-electron chi connectivity index (χ1n) is 7.03. The molecule has 0 saturated carbocycles. The zero-order valence-corrected chi connectivity index (χ0v) is 15.0. The number of ether oxygens (including phenoxy) is 1. The molecule has 0 aliphatic heterocycles. The summed E-state index contributed by atoms with van der Waals surface area (Å²) in [7, 11) is 0. The lowest BCUT2D eigenvalue weighted by Gasteiger charge is -2.08. The van der Waals surface area contributed by atoms with Gasteiger partial charge in [-0.1, -0.05) is 34.2 Å². The molecule has 9 heteroatoms. The van der Waals surface area contributed by atoms with E-state index in [-0.39, 0.29) is 5.75 Å². The van der Waals surface area contributed by atoms with E-state index in [1.54, 1.807) is 12.1 Å². The number of carbonyl (C=O) groups is 1. The van der Waals surface area contributed by atoms with E-state index in [9.17, 15) is 13.6 Å². The third kappa shape index (κ3) is 5.64. The Balaban J connectivity index is 2.06. The third-order valence-corrected chi connectivity index (χ3v) is 4.15. The zero-order chi connectivity index (χ0) is 17.5. The van der Waals surface area contributed by atoms with Crippen LogP contribution in [0.4, 0.5) is 13.9 Å². The van der Waals surface area contributed by atoms with Crippen LogP contribution in [0.1, 0.15) is 23.9 Å². The molecule has 2 aromatic rings. The fourth-order valence-electron chi connectivity index (χ4n) is 1.78. The number of nitrogens with one attached hydrogen (secondary N) is 1. The SMILES string of the molecule is CCCc1nnc(NC(=O)/C=C/c2cc(Br)ccc2OC(F)F)s1. The molecule has 0 spiro atoms. The number of halogens is 3. The molecular weight excluding hydrogens is 404 g/mol. The van der Waals surface area contributed by atoms with Gasteiger partial charge in [0.1, 0.15) is 10.8 Å². The average molecular weight is 418 g/mol. The largest absolute Gasteiger partial charge is 0.434 e. The molecule has 0 radical (unpaired) electrons. The van der Waals surface area contributed by atoms with Crippen LogP contribution in [-0.4, -0.2) is 22.7 Å². The van der Waals surface area contributed by atoms with Crippen molar-refractivity contribution in [3.63, 3.8) is 0 Å². The number of amides is 1. The Morgan fingerprint density at radius 1 is 1.46 bits per heavy atom. The summed E-state index contributed by atoms with van der Waals surface area (Å²) in [6, 6.07) is 4.55. The van der Waals surface area contributed by atoms with Gasteiger partial charge >= 0.3 is 6.61 Å². The van der Waals surface area contributed by atoms with E-state index in [0.717, 1.165) is 17.8 Å². The van der Waals surface area contributed by atoms with E-state index >= 15 is 0 Å². The first-order chi connectivity index (χ1) is 11.5. The van der Waals surface area contributed by atoms with Gasteiger partial charge in [-0.05, 0) is 30.7 Å². The molecule has 1 aromatic carbocycles. The molecule has 0 aliphatic carbocycles. The van der Waals surface area contributed by atoms with Crippen LogP contribution in [0.15, 0.2) is 28.7 Å². The van der Waals surface area contributed by atoms with Crippen LogP contribution in [0.25, 0.3) is 6.08 Å². The fourth-order valence-corrected chi connectivity index (χ4v) is 3.01. The highest BCUT2D eigenvalue weighted by molar-refractivity contribution is 9.10. The summed E-state index contributed by atoms with van der Waals surface area (Å²) in [5, 5.41) is 11.7. The van der Waals surface area contributed by atoms with Crippen molar-refractivity contribution in [3.05, 3.63) is 39.3 Å². The topological polar surface area (TPSA) is 64.1 Å². The number of nitrogens with zero attached hydrogens (tertiary/aromatic N) is 2. The van der Waals surface area contributed by atoms with Crippen LogP contribution in [0, 0.1) is 0 Å². The number of hydrogen-bond donors (Lipinski definition) is 1. The minimum absolute atomic E-state index is 0.0154. The van der Waals surface area contributed by atoms with Crippen molar-refractivity contribution in [2.45, 2.75) is 26.4 Å². The summed E-state index contributed by atoms with van der Waals surface area (Å²) in [4.78, 5) is 11.9. The van der Waals surface area contributed by atoms with Gasteiger partial charge in [-0.25, -0.2) is 0 Å². The van der Waals surface area contributed by atoms with Gasteiger partial charge < -0.3 is 4.74 Å². The molecule has 0 fully saturated rings. The van der Waals surface area contributed by atoms with Gasteiger partial charge in [-0.15, -0.1) is 10.2 Å². The van der Waals surface area contributed by atoms with Gasteiger partial charge in [0.2, 0.25) is 11.0 Å². The molecule has 128 valence electrons. The van der Waals surface area contributed by atoms with E-state index in [2.05, 4.69) is 36.2 Å². The number of aryl methyl sites for hydroxylation is 1. The molecule has 1 heterocycles. The first-order valence-corrected chi connectivity index (χ1v) is 8.64. The summed E-state index contributed by atoms with van der Waals surface area (Å²) in [5.74, 6) is -0.449. The quantitative estimate of drug-likeness (QED) is 0.673. The van der Waals surface area contributed by atoms with Crippen molar-refractivity contribution in [3.8, 4) is 5.75 Å². The van der Waals surface area contributed by atoms with Crippen molar-refractivity contribution in [2.75, 3.05) is 5.32 Å². The summed E-state index contributed by atoms with van der Waals surface area (Å²) in [6.45, 7) is -0.912. The molecule has 24 heavy (non-hydrogen) atoms. The van der Waals surface area contributed by atoms with Crippen LogP contribution >= 0.6 is 27.3 Å². The van der Waals surface area contributed by atoms with Gasteiger partial charge in [0.05, 0.1) is 0 Å². The Kier molecular flexibility index (Phi) is 6.80. The number of carbonyl (C=O) groups excluding carboxylic acids is 1. The van der Waals surface area contributed by atoms with Gasteiger partial charge in [-0.3, -0.25) is 10.1 Å². The highest BCUT2D eigenvalue weighted by atomic mass is 79.9. The number of anilines is 1. The predicted octanol–water partition coefficient (Wildman–Crippen LogP) is 4.51. The van der Waals surface area contributed by atoms with Crippen molar-refractivity contribution in [1.29, 1.82) is 0 Å². The van der Waals surface area contributed by atoms with Crippen molar-refractivity contribution in [2.24, 2.45) is 0 Å². The number of aromatic nitrogens is 2. The maximum atomic E-state index is 12.4. The first kappa shape index (κ1) is 18.5. The maximum absolute atomic E-state index is 12.4. The van der Waals surface area contributed by atoms with Crippen molar-refractivity contribution in [1.82, 2.24) is 10.2 Å². The molecule has 1 N–H and O–H groups in total. The second-order valence-electron chi connectivity index (χ2n) is 4.63. The lowest BCUT2D eigenvalue weighted by molar-refractivity contribution is -0.111. The van der Waals surface area contributed by atoms with E-state index < -0.39 is 12.5 Å². The normalized spacial score (nSPS) is 11.2. The van der Waals surface area contributed by atoms with Gasteiger partial charge in [0.15, 0.2) is 0 Å². The van der Waals surface area contributed by atoms with Gasteiger partial charge in [0, 0.05) is 22.5 Å². The number of benzene rings is 1. The molecule has 2 rings (SSSR count). The van der Waals surface area contributed by atoms with Crippen LogP contribution in [0.2, 0.25) is 0 Å². The Hall–Kier alpha value is -1.87. The summed E-state index contributed by atoms with van der Waals surface area (Å²) in [5.41, 5.74) is 0.351. The second kappa shape index (κ2) is 8.84. The molecule has 1 aromatic heterocycles. The second-order valence-corrected chi connectivity index (χ2v) is 6.61. The molecular formula is C15H14BrF2N3O2S. The molecule has 0 unspecified atom stereocenters. The standard InChI is InChI=1S/C15H14BrF2N3O2S/c1-2-3-13-20-21-15(24-13)19-12(22)7-4-9-8-10(16)5-6-11(9)23-14(17)18/h4-8,14H,2-3H2,1H3,(H,19,21,22)/b7-4+. The monoisotopic (exact) mass is 417 g/mol. The Labute approximate surface area is 149 Å². The van der Waals surface area contributed by atoms with E-state index in [4.69, 9.17) is 0 Å². The fraction of sp³-hybridized carbons (Fsp3) is 0.267. The highest BCUT2D eigenvalue weighted by Gasteiger charge is 2.09. The van der Waals surface area contributed by atoms with Crippen LogP contribution < -0.4 is 10.1 Å². The summed E-state index contributed by atoms with van der Waals surface area (Å²) < 4.78 is 29.9. The molecule has 0 bridgehead atoms. The summed E-state index contributed by atoms with van der Waals surface area (Å²) >= 11 is 4.55.